The molecule has 1 unspecified atom stereocenters. The lowest BCUT2D eigenvalue weighted by molar-refractivity contribution is 0.240. The third-order valence-electron chi connectivity index (χ3n) is 4.02. The molecule has 4 heteroatoms. The number of phenolic OH excluding ortho intramolecular Hbond substituents is 1. The minimum atomic E-state index is 0.00269. The summed E-state index contributed by atoms with van der Waals surface area (Å²) < 4.78 is 11.5. The molecule has 2 aliphatic heterocycles. The summed E-state index contributed by atoms with van der Waals surface area (Å²) in [6.07, 6.45) is 3.53. The van der Waals surface area contributed by atoms with E-state index in [1.54, 1.807) is 0 Å². The molecule has 1 aromatic carbocycles. The normalized spacial score (nSPS) is 18.8. The first kappa shape index (κ1) is 12.6. The Morgan fingerprint density at radius 2 is 1.68 bits per heavy atom. The lowest BCUT2D eigenvalue weighted by Crippen LogP contribution is -2.19. The molecule has 1 atom stereocenters. The van der Waals surface area contributed by atoms with E-state index in [1.807, 2.05) is 6.92 Å². The fourth-order valence-corrected chi connectivity index (χ4v) is 3.07. The summed E-state index contributed by atoms with van der Waals surface area (Å²) in [5.41, 5.74) is 2.90. The van der Waals surface area contributed by atoms with Gasteiger partial charge in [-0.05, 0) is 25.7 Å². The van der Waals surface area contributed by atoms with Crippen LogP contribution in [0.4, 0.5) is 0 Å². The van der Waals surface area contributed by atoms with Crippen LogP contribution in [0.3, 0.4) is 0 Å². The van der Waals surface area contributed by atoms with E-state index in [1.165, 1.54) is 0 Å². The predicted octanol–water partition coefficient (Wildman–Crippen LogP) is 2.14. The van der Waals surface area contributed by atoms with E-state index >= 15 is 0 Å². The van der Waals surface area contributed by atoms with Crippen molar-refractivity contribution in [2.75, 3.05) is 19.8 Å². The average molecular weight is 264 g/mol. The number of hydrogen-bond acceptors (Lipinski definition) is 4. The van der Waals surface area contributed by atoms with E-state index in [2.05, 4.69) is 0 Å². The third kappa shape index (κ3) is 1.94. The largest absolute Gasteiger partial charge is 0.504 e. The summed E-state index contributed by atoms with van der Waals surface area (Å²) in [6, 6.07) is 0. The first-order valence-electron chi connectivity index (χ1n) is 7.01. The van der Waals surface area contributed by atoms with Gasteiger partial charge in [-0.2, -0.15) is 0 Å². The van der Waals surface area contributed by atoms with Crippen LogP contribution in [-0.4, -0.2) is 30.0 Å². The average Bonchev–Trinajstić information content (AvgIpc) is 2.47. The Bertz CT molecular complexity index is 458. The van der Waals surface area contributed by atoms with Gasteiger partial charge in [0.15, 0.2) is 11.5 Å². The Kier molecular flexibility index (Phi) is 3.27. The highest BCUT2D eigenvalue weighted by molar-refractivity contribution is 5.64. The molecule has 0 fully saturated rings. The van der Waals surface area contributed by atoms with Crippen molar-refractivity contribution in [2.24, 2.45) is 0 Å². The van der Waals surface area contributed by atoms with Gasteiger partial charge in [0.25, 0.3) is 0 Å². The van der Waals surface area contributed by atoms with Crippen LogP contribution >= 0.6 is 0 Å². The van der Waals surface area contributed by atoms with Crippen LogP contribution in [0.2, 0.25) is 0 Å². The first-order chi connectivity index (χ1) is 9.24. The summed E-state index contributed by atoms with van der Waals surface area (Å²) >= 11 is 0. The second-order valence-electron chi connectivity index (χ2n) is 5.37. The van der Waals surface area contributed by atoms with E-state index in [0.29, 0.717) is 19.0 Å². The highest BCUT2D eigenvalue weighted by atomic mass is 16.5. The summed E-state index contributed by atoms with van der Waals surface area (Å²) in [7, 11) is 0. The number of ether oxygens (including phenoxy) is 2. The molecule has 0 aliphatic carbocycles. The summed E-state index contributed by atoms with van der Waals surface area (Å²) in [6.45, 7) is 3.39. The highest BCUT2D eigenvalue weighted by Crippen LogP contribution is 2.49. The molecular weight excluding hydrogens is 244 g/mol. The molecule has 2 aliphatic rings. The predicted molar refractivity (Wildman–Crippen MR) is 71.2 cm³/mol. The molecule has 104 valence electrons. The molecule has 2 heterocycles. The summed E-state index contributed by atoms with van der Waals surface area (Å²) in [5, 5.41) is 19.9. The van der Waals surface area contributed by atoms with E-state index in [-0.39, 0.29) is 18.3 Å². The molecule has 3 rings (SSSR count). The van der Waals surface area contributed by atoms with Crippen LogP contribution in [-0.2, 0) is 12.8 Å². The molecule has 0 amide bonds. The molecule has 0 aromatic heterocycles. The zero-order valence-corrected chi connectivity index (χ0v) is 11.2. The van der Waals surface area contributed by atoms with Gasteiger partial charge < -0.3 is 19.7 Å². The molecule has 1 aromatic rings. The molecule has 0 saturated heterocycles. The van der Waals surface area contributed by atoms with Crippen molar-refractivity contribution in [1.82, 2.24) is 0 Å². The Hall–Kier alpha value is -1.42. The summed E-state index contributed by atoms with van der Waals surface area (Å²) in [5.74, 6) is 1.65. The van der Waals surface area contributed by atoms with Crippen molar-refractivity contribution < 1.29 is 19.7 Å². The van der Waals surface area contributed by atoms with Crippen LogP contribution in [0.5, 0.6) is 17.2 Å². The van der Waals surface area contributed by atoms with Crippen LogP contribution in [0.15, 0.2) is 0 Å². The topological polar surface area (TPSA) is 58.9 Å². The standard InChI is InChI=1S/C15H20O4/c1-9(8-16)12-10-4-2-7-19-15(10)13(17)11-5-3-6-18-14(11)12/h9,16-17H,2-8H2,1H3. The van der Waals surface area contributed by atoms with Gasteiger partial charge in [-0.3, -0.25) is 0 Å². The maximum Gasteiger partial charge on any atom is 0.164 e. The lowest BCUT2D eigenvalue weighted by Gasteiger charge is -2.30. The molecule has 0 saturated carbocycles. The molecular formula is C15H20O4. The zero-order chi connectivity index (χ0) is 13.4. The number of fused-ring (bicyclic) bond motifs is 2. The molecule has 4 nitrogen and oxygen atoms in total. The summed E-state index contributed by atoms with van der Waals surface area (Å²) in [4.78, 5) is 0. The lowest BCUT2D eigenvalue weighted by atomic mass is 9.86. The Morgan fingerprint density at radius 1 is 1.05 bits per heavy atom. The zero-order valence-electron chi connectivity index (χ0n) is 11.2. The Balaban J connectivity index is 2.25. The van der Waals surface area contributed by atoms with Crippen molar-refractivity contribution >= 4 is 0 Å². The molecule has 0 spiro atoms. The molecule has 0 bridgehead atoms. The van der Waals surface area contributed by atoms with Gasteiger partial charge in [0.2, 0.25) is 0 Å². The smallest absolute Gasteiger partial charge is 0.164 e. The van der Waals surface area contributed by atoms with Gasteiger partial charge in [-0.1, -0.05) is 6.92 Å². The van der Waals surface area contributed by atoms with Crippen molar-refractivity contribution in [3.63, 3.8) is 0 Å². The monoisotopic (exact) mass is 264 g/mol. The Labute approximate surface area is 113 Å². The maximum absolute atomic E-state index is 10.4. The van der Waals surface area contributed by atoms with Crippen LogP contribution in [0, 0.1) is 0 Å². The fourth-order valence-electron chi connectivity index (χ4n) is 3.07. The van der Waals surface area contributed by atoms with Gasteiger partial charge in [0, 0.05) is 29.2 Å². The van der Waals surface area contributed by atoms with E-state index in [0.717, 1.165) is 48.1 Å². The van der Waals surface area contributed by atoms with Gasteiger partial charge in [-0.15, -0.1) is 0 Å². The second-order valence-corrected chi connectivity index (χ2v) is 5.37. The third-order valence-corrected chi connectivity index (χ3v) is 4.02. The van der Waals surface area contributed by atoms with Gasteiger partial charge in [0.05, 0.1) is 13.2 Å². The van der Waals surface area contributed by atoms with Crippen LogP contribution in [0.1, 0.15) is 42.4 Å². The number of aliphatic hydroxyl groups is 1. The van der Waals surface area contributed by atoms with Crippen molar-refractivity contribution in [2.45, 2.75) is 38.5 Å². The minimum absolute atomic E-state index is 0.00269. The SMILES string of the molecule is CC(CO)c1c2c(c(O)c3c1OCCC3)OCCC2. The number of aliphatic hydroxyl groups excluding tert-OH is 1. The number of hydrogen-bond donors (Lipinski definition) is 2. The van der Waals surface area contributed by atoms with E-state index in [4.69, 9.17) is 9.47 Å². The second kappa shape index (κ2) is 4.93. The van der Waals surface area contributed by atoms with E-state index in [9.17, 15) is 10.2 Å². The van der Waals surface area contributed by atoms with Gasteiger partial charge >= 0.3 is 0 Å². The number of aromatic hydroxyl groups is 1. The minimum Gasteiger partial charge on any atom is -0.504 e. The van der Waals surface area contributed by atoms with E-state index < -0.39 is 0 Å². The highest BCUT2D eigenvalue weighted by Gasteiger charge is 2.31. The first-order valence-corrected chi connectivity index (χ1v) is 7.01. The number of phenols is 1. The van der Waals surface area contributed by atoms with Crippen LogP contribution in [0.25, 0.3) is 0 Å². The quantitative estimate of drug-likeness (QED) is 0.859. The van der Waals surface area contributed by atoms with Gasteiger partial charge in [-0.25, -0.2) is 0 Å². The maximum atomic E-state index is 10.4. The number of benzene rings is 1. The number of rotatable bonds is 2. The van der Waals surface area contributed by atoms with Crippen molar-refractivity contribution in [3.8, 4) is 17.2 Å². The van der Waals surface area contributed by atoms with Gasteiger partial charge in [0.1, 0.15) is 5.75 Å². The fraction of sp³-hybridized carbons (Fsp3) is 0.600. The molecule has 2 N–H and O–H groups in total. The van der Waals surface area contributed by atoms with Crippen molar-refractivity contribution in [1.29, 1.82) is 0 Å². The molecule has 19 heavy (non-hydrogen) atoms. The Morgan fingerprint density at radius 3 is 2.37 bits per heavy atom. The van der Waals surface area contributed by atoms with Crippen molar-refractivity contribution in [3.05, 3.63) is 16.7 Å². The molecule has 0 radical (unpaired) electrons. The van der Waals surface area contributed by atoms with Crippen LogP contribution < -0.4 is 9.47 Å².